The van der Waals surface area contributed by atoms with Crippen molar-refractivity contribution < 1.29 is 14.3 Å². The van der Waals surface area contributed by atoms with Crippen molar-refractivity contribution in [2.45, 2.75) is 46.2 Å². The number of nitrogens with one attached hydrogen (secondary N) is 3. The summed E-state index contributed by atoms with van der Waals surface area (Å²) in [5.41, 5.74) is 1.14. The van der Waals surface area contributed by atoms with Crippen LogP contribution in [0.25, 0.3) is 0 Å². The van der Waals surface area contributed by atoms with E-state index < -0.39 is 12.1 Å². The van der Waals surface area contributed by atoms with Gasteiger partial charge in [-0.3, -0.25) is 4.79 Å². The molecule has 3 amide bonds. The minimum absolute atomic E-state index is 0.240. The van der Waals surface area contributed by atoms with Gasteiger partial charge in [0.05, 0.1) is 0 Å². The molecule has 0 unspecified atom stereocenters. The van der Waals surface area contributed by atoms with Crippen molar-refractivity contribution in [1.82, 2.24) is 10.6 Å². The first-order chi connectivity index (χ1) is 11.1. The predicted octanol–water partition coefficient (Wildman–Crippen LogP) is 3.07. The minimum atomic E-state index is -0.646. The fraction of sp³-hybridized carbons (Fsp3) is 0.444. The Morgan fingerprint density at radius 3 is 2.54 bits per heavy atom. The molecule has 132 valence electrons. The highest BCUT2D eigenvalue weighted by molar-refractivity contribution is 5.93. The van der Waals surface area contributed by atoms with E-state index in [1.54, 1.807) is 31.2 Å². The molecule has 0 spiro atoms. The molecule has 24 heavy (non-hydrogen) atoms. The monoisotopic (exact) mass is 333 g/mol. The summed E-state index contributed by atoms with van der Waals surface area (Å²) in [5, 5.41) is 8.10. The standard InChI is InChI=1S/C18H27N3O3/c1-12(2)11-24-15-9-7-8-14(10-15)20-17(23)19-13(3)16(22)21-18(4,5)6/h7-10,13H,1,11H2,2-6H3,(H,21,22)(H2,19,20,23)/t13-/m1/s1. The Morgan fingerprint density at radius 1 is 1.29 bits per heavy atom. The van der Waals surface area contributed by atoms with Gasteiger partial charge >= 0.3 is 6.03 Å². The summed E-state index contributed by atoms with van der Waals surface area (Å²) in [6.07, 6.45) is 0. The Bertz CT molecular complexity index is 606. The number of anilines is 1. The van der Waals surface area contributed by atoms with Crippen LogP contribution in [0.2, 0.25) is 0 Å². The lowest BCUT2D eigenvalue weighted by Gasteiger charge is -2.23. The van der Waals surface area contributed by atoms with Gasteiger partial charge in [-0.2, -0.15) is 0 Å². The number of ether oxygens (including phenoxy) is 1. The van der Waals surface area contributed by atoms with E-state index in [1.165, 1.54) is 0 Å². The topological polar surface area (TPSA) is 79.5 Å². The van der Waals surface area contributed by atoms with Crippen molar-refractivity contribution in [3.63, 3.8) is 0 Å². The first-order valence-electron chi connectivity index (χ1n) is 7.83. The SMILES string of the molecule is C=C(C)COc1cccc(NC(=O)N[C@H](C)C(=O)NC(C)(C)C)c1. The first-order valence-corrected chi connectivity index (χ1v) is 7.83. The Hall–Kier alpha value is -2.50. The lowest BCUT2D eigenvalue weighted by atomic mass is 10.1. The van der Waals surface area contributed by atoms with E-state index in [-0.39, 0.29) is 11.4 Å². The van der Waals surface area contributed by atoms with Crippen LogP contribution in [-0.2, 0) is 4.79 Å². The van der Waals surface area contributed by atoms with Gasteiger partial charge in [0.15, 0.2) is 0 Å². The number of rotatable bonds is 6. The van der Waals surface area contributed by atoms with E-state index in [2.05, 4.69) is 22.5 Å². The molecule has 3 N–H and O–H groups in total. The number of benzene rings is 1. The van der Waals surface area contributed by atoms with Gasteiger partial charge in [0.2, 0.25) is 5.91 Å². The number of carbonyl (C=O) groups is 2. The fourth-order valence-corrected chi connectivity index (χ4v) is 1.78. The van der Waals surface area contributed by atoms with Crippen LogP contribution in [0.5, 0.6) is 5.75 Å². The van der Waals surface area contributed by atoms with Gasteiger partial charge in [0.1, 0.15) is 18.4 Å². The van der Waals surface area contributed by atoms with Crippen molar-refractivity contribution in [3.8, 4) is 5.75 Å². The molecule has 0 heterocycles. The molecule has 0 aliphatic heterocycles. The highest BCUT2D eigenvalue weighted by Crippen LogP contribution is 2.17. The van der Waals surface area contributed by atoms with Crippen LogP contribution in [0.3, 0.4) is 0 Å². The maximum atomic E-state index is 12.0. The molecule has 1 rings (SSSR count). The largest absolute Gasteiger partial charge is 0.489 e. The summed E-state index contributed by atoms with van der Waals surface area (Å²) in [6, 6.07) is 5.93. The molecule has 1 aromatic carbocycles. The molecule has 0 aliphatic carbocycles. The zero-order valence-electron chi connectivity index (χ0n) is 15.0. The molecule has 0 aromatic heterocycles. The zero-order chi connectivity index (χ0) is 18.3. The van der Waals surface area contributed by atoms with E-state index in [4.69, 9.17) is 4.74 Å². The summed E-state index contributed by atoms with van der Waals surface area (Å²) in [6.45, 7) is 13.3. The highest BCUT2D eigenvalue weighted by atomic mass is 16.5. The Morgan fingerprint density at radius 2 is 1.96 bits per heavy atom. The van der Waals surface area contributed by atoms with Crippen LogP contribution in [0, 0.1) is 0 Å². The second kappa shape index (κ2) is 8.38. The number of hydrogen-bond donors (Lipinski definition) is 3. The molecule has 0 aliphatic rings. The van der Waals surface area contributed by atoms with Gasteiger partial charge in [0, 0.05) is 17.3 Å². The summed E-state index contributed by atoms with van der Waals surface area (Å²) >= 11 is 0. The van der Waals surface area contributed by atoms with Gasteiger partial charge in [-0.1, -0.05) is 12.6 Å². The molecule has 1 atom stereocenters. The van der Waals surface area contributed by atoms with Gasteiger partial charge in [0.25, 0.3) is 0 Å². The first kappa shape index (κ1) is 19.5. The van der Waals surface area contributed by atoms with E-state index in [1.807, 2.05) is 27.7 Å². The smallest absolute Gasteiger partial charge is 0.319 e. The van der Waals surface area contributed by atoms with Crippen molar-refractivity contribution in [3.05, 3.63) is 36.4 Å². The lowest BCUT2D eigenvalue weighted by Crippen LogP contribution is -2.51. The van der Waals surface area contributed by atoms with Crippen LogP contribution < -0.4 is 20.7 Å². The molecule has 6 heteroatoms. The van der Waals surface area contributed by atoms with E-state index in [0.29, 0.717) is 18.0 Å². The molecule has 0 bridgehead atoms. The molecule has 0 radical (unpaired) electrons. The Kier molecular flexibility index (Phi) is 6.82. The Labute approximate surface area is 143 Å². The third-order valence-corrected chi connectivity index (χ3v) is 2.82. The Balaban J connectivity index is 2.57. The van der Waals surface area contributed by atoms with Crippen LogP contribution in [0.15, 0.2) is 36.4 Å². The van der Waals surface area contributed by atoms with Crippen LogP contribution in [0.1, 0.15) is 34.6 Å². The molecular weight excluding hydrogens is 306 g/mol. The second-order valence-electron chi connectivity index (χ2n) is 6.83. The summed E-state index contributed by atoms with van der Waals surface area (Å²) in [5.74, 6) is 0.394. The van der Waals surface area contributed by atoms with Crippen molar-refractivity contribution in [1.29, 1.82) is 0 Å². The van der Waals surface area contributed by atoms with Crippen molar-refractivity contribution in [2.24, 2.45) is 0 Å². The van der Waals surface area contributed by atoms with Crippen molar-refractivity contribution in [2.75, 3.05) is 11.9 Å². The average molecular weight is 333 g/mol. The van der Waals surface area contributed by atoms with Gasteiger partial charge < -0.3 is 20.7 Å². The van der Waals surface area contributed by atoms with Crippen LogP contribution in [0.4, 0.5) is 10.5 Å². The highest BCUT2D eigenvalue weighted by Gasteiger charge is 2.20. The minimum Gasteiger partial charge on any atom is -0.489 e. The number of carbonyl (C=O) groups excluding carboxylic acids is 2. The predicted molar refractivity (Wildman–Crippen MR) is 96.3 cm³/mol. The zero-order valence-corrected chi connectivity index (χ0v) is 15.0. The normalized spacial score (nSPS) is 12.0. The fourth-order valence-electron chi connectivity index (χ4n) is 1.78. The quantitative estimate of drug-likeness (QED) is 0.700. The van der Waals surface area contributed by atoms with Gasteiger partial charge in [-0.05, 0) is 52.3 Å². The molecule has 0 saturated carbocycles. The molecule has 1 aromatic rings. The van der Waals surface area contributed by atoms with Crippen LogP contribution in [-0.4, -0.2) is 30.1 Å². The van der Waals surface area contributed by atoms with Crippen molar-refractivity contribution >= 4 is 17.6 Å². The molecule has 0 fully saturated rings. The van der Waals surface area contributed by atoms with Crippen LogP contribution >= 0.6 is 0 Å². The summed E-state index contributed by atoms with van der Waals surface area (Å²) in [7, 11) is 0. The van der Waals surface area contributed by atoms with Gasteiger partial charge in [-0.15, -0.1) is 0 Å². The van der Waals surface area contributed by atoms with E-state index in [9.17, 15) is 9.59 Å². The maximum Gasteiger partial charge on any atom is 0.319 e. The number of amides is 3. The average Bonchev–Trinajstić information content (AvgIpc) is 2.43. The summed E-state index contributed by atoms with van der Waals surface area (Å²) in [4.78, 5) is 24.0. The third-order valence-electron chi connectivity index (χ3n) is 2.82. The molecule has 0 saturated heterocycles. The number of urea groups is 1. The molecule has 6 nitrogen and oxygen atoms in total. The maximum absolute atomic E-state index is 12.0. The van der Waals surface area contributed by atoms with E-state index >= 15 is 0 Å². The third kappa shape index (κ3) is 7.67. The summed E-state index contributed by atoms with van der Waals surface area (Å²) < 4.78 is 5.53. The van der Waals surface area contributed by atoms with Gasteiger partial charge in [-0.25, -0.2) is 4.79 Å². The van der Waals surface area contributed by atoms with E-state index in [0.717, 1.165) is 5.57 Å². The molecular formula is C18H27N3O3. The number of hydrogen-bond acceptors (Lipinski definition) is 3. The lowest BCUT2D eigenvalue weighted by molar-refractivity contribution is -0.123. The second-order valence-corrected chi connectivity index (χ2v) is 6.83.